The van der Waals surface area contributed by atoms with Crippen molar-refractivity contribution in [3.05, 3.63) is 65.5 Å². The molecule has 2 rings (SSSR count). The topological polar surface area (TPSA) is 62.3 Å². The van der Waals surface area contributed by atoms with E-state index in [1.54, 1.807) is 23.2 Å². The molecule has 0 fully saturated rings. The van der Waals surface area contributed by atoms with E-state index in [2.05, 4.69) is 10.3 Å². The fraction of sp³-hybridized carbons (Fsp3) is 0.278. The second kappa shape index (κ2) is 8.08. The van der Waals surface area contributed by atoms with Crippen LogP contribution in [0, 0.1) is 6.92 Å². The fourth-order valence-electron chi connectivity index (χ4n) is 2.15. The molecule has 1 heterocycles. The van der Waals surface area contributed by atoms with Gasteiger partial charge >= 0.3 is 0 Å². The summed E-state index contributed by atoms with van der Waals surface area (Å²) in [7, 11) is 0. The van der Waals surface area contributed by atoms with Gasteiger partial charge in [-0.15, -0.1) is 0 Å². The number of hydrogen-bond donors (Lipinski definition) is 1. The van der Waals surface area contributed by atoms with E-state index in [1.807, 2.05) is 37.3 Å². The molecule has 23 heavy (non-hydrogen) atoms. The first-order valence-electron chi connectivity index (χ1n) is 7.56. The van der Waals surface area contributed by atoms with Crippen molar-refractivity contribution < 1.29 is 9.59 Å². The largest absolute Gasteiger partial charge is 0.350 e. The van der Waals surface area contributed by atoms with Crippen LogP contribution in [0.15, 0.2) is 48.7 Å². The van der Waals surface area contributed by atoms with Crippen LogP contribution in [0.4, 0.5) is 0 Å². The zero-order valence-electron chi connectivity index (χ0n) is 13.5. The van der Waals surface area contributed by atoms with E-state index in [9.17, 15) is 9.59 Å². The summed E-state index contributed by atoms with van der Waals surface area (Å²) in [6.45, 7) is 4.79. The minimum atomic E-state index is -0.133. The molecule has 0 atom stereocenters. The highest BCUT2D eigenvalue weighted by Gasteiger charge is 2.11. The molecule has 0 unspecified atom stereocenters. The molecule has 0 aliphatic carbocycles. The molecule has 2 aromatic rings. The molecule has 0 saturated carbocycles. The normalized spacial score (nSPS) is 10.2. The van der Waals surface area contributed by atoms with Crippen molar-refractivity contribution in [2.24, 2.45) is 0 Å². The van der Waals surface area contributed by atoms with Crippen LogP contribution in [-0.2, 0) is 11.3 Å². The fourth-order valence-corrected chi connectivity index (χ4v) is 2.15. The zero-order valence-corrected chi connectivity index (χ0v) is 13.5. The highest BCUT2D eigenvalue weighted by Crippen LogP contribution is 2.03. The Morgan fingerprint density at radius 2 is 1.87 bits per heavy atom. The number of hydrogen-bond acceptors (Lipinski definition) is 3. The average Bonchev–Trinajstić information content (AvgIpc) is 2.55. The SMILES string of the molecule is CC(=O)N(CCNC(=O)c1ccc(C)cc1)Cc1ccccn1. The third-order valence-corrected chi connectivity index (χ3v) is 3.51. The Hall–Kier alpha value is -2.69. The van der Waals surface area contributed by atoms with E-state index in [4.69, 9.17) is 0 Å². The first-order valence-corrected chi connectivity index (χ1v) is 7.56. The second-order valence-electron chi connectivity index (χ2n) is 5.38. The third kappa shape index (κ3) is 5.21. The molecule has 1 aromatic heterocycles. The molecule has 120 valence electrons. The molecule has 0 aliphatic rings. The number of aryl methyl sites for hydroxylation is 1. The minimum absolute atomic E-state index is 0.0414. The molecule has 2 amide bonds. The molecule has 1 N–H and O–H groups in total. The number of amides is 2. The van der Waals surface area contributed by atoms with Gasteiger partial charge in [-0.1, -0.05) is 23.8 Å². The van der Waals surface area contributed by atoms with Gasteiger partial charge in [-0.25, -0.2) is 0 Å². The Labute approximate surface area is 136 Å². The summed E-state index contributed by atoms with van der Waals surface area (Å²) in [6.07, 6.45) is 1.70. The lowest BCUT2D eigenvalue weighted by molar-refractivity contribution is -0.129. The van der Waals surface area contributed by atoms with Crippen molar-refractivity contribution in [3.63, 3.8) is 0 Å². The van der Waals surface area contributed by atoms with E-state index in [0.717, 1.165) is 11.3 Å². The van der Waals surface area contributed by atoms with Crippen molar-refractivity contribution in [1.82, 2.24) is 15.2 Å². The number of benzene rings is 1. The van der Waals surface area contributed by atoms with Gasteiger partial charge in [-0.2, -0.15) is 0 Å². The lowest BCUT2D eigenvalue weighted by Crippen LogP contribution is -2.37. The predicted octanol–water partition coefficient (Wildman–Crippen LogP) is 2.17. The van der Waals surface area contributed by atoms with Gasteiger partial charge in [0.15, 0.2) is 0 Å². The van der Waals surface area contributed by atoms with Crippen LogP contribution in [-0.4, -0.2) is 34.8 Å². The lowest BCUT2D eigenvalue weighted by Gasteiger charge is -2.20. The Balaban J connectivity index is 1.85. The van der Waals surface area contributed by atoms with Gasteiger partial charge in [0.2, 0.25) is 5.91 Å². The summed E-state index contributed by atoms with van der Waals surface area (Å²) in [4.78, 5) is 29.6. The number of carbonyl (C=O) groups excluding carboxylic acids is 2. The standard InChI is InChI=1S/C18H21N3O2/c1-14-6-8-16(9-7-14)18(23)20-11-12-21(15(2)22)13-17-5-3-4-10-19-17/h3-10H,11-13H2,1-2H3,(H,20,23). The van der Waals surface area contributed by atoms with Gasteiger partial charge in [0.25, 0.3) is 5.91 Å². The van der Waals surface area contributed by atoms with E-state index in [1.165, 1.54) is 6.92 Å². The van der Waals surface area contributed by atoms with Crippen LogP contribution in [0.3, 0.4) is 0 Å². The van der Waals surface area contributed by atoms with Crippen LogP contribution < -0.4 is 5.32 Å². The minimum Gasteiger partial charge on any atom is -0.350 e. The van der Waals surface area contributed by atoms with Crippen molar-refractivity contribution >= 4 is 11.8 Å². The maximum Gasteiger partial charge on any atom is 0.251 e. The van der Waals surface area contributed by atoms with Gasteiger partial charge in [0.1, 0.15) is 0 Å². The Morgan fingerprint density at radius 3 is 2.48 bits per heavy atom. The van der Waals surface area contributed by atoms with Gasteiger partial charge in [-0.05, 0) is 31.2 Å². The van der Waals surface area contributed by atoms with Crippen LogP contribution in [0.1, 0.15) is 28.5 Å². The quantitative estimate of drug-likeness (QED) is 0.889. The summed E-state index contributed by atoms with van der Waals surface area (Å²) < 4.78 is 0. The molecule has 5 nitrogen and oxygen atoms in total. The van der Waals surface area contributed by atoms with Crippen LogP contribution in [0.2, 0.25) is 0 Å². The van der Waals surface area contributed by atoms with Gasteiger partial charge in [-0.3, -0.25) is 14.6 Å². The molecule has 0 radical (unpaired) electrons. The van der Waals surface area contributed by atoms with E-state index < -0.39 is 0 Å². The summed E-state index contributed by atoms with van der Waals surface area (Å²) in [6, 6.07) is 13.0. The van der Waals surface area contributed by atoms with Gasteiger partial charge in [0.05, 0.1) is 12.2 Å². The van der Waals surface area contributed by atoms with E-state index >= 15 is 0 Å². The Bertz CT molecular complexity index is 654. The predicted molar refractivity (Wildman–Crippen MR) is 88.8 cm³/mol. The van der Waals surface area contributed by atoms with E-state index in [0.29, 0.717) is 25.2 Å². The van der Waals surface area contributed by atoms with Gasteiger partial charge < -0.3 is 10.2 Å². The number of nitrogens with one attached hydrogen (secondary N) is 1. The van der Waals surface area contributed by atoms with E-state index in [-0.39, 0.29) is 11.8 Å². The summed E-state index contributed by atoms with van der Waals surface area (Å²) >= 11 is 0. The number of rotatable bonds is 6. The zero-order chi connectivity index (χ0) is 16.7. The maximum absolute atomic E-state index is 12.0. The second-order valence-corrected chi connectivity index (χ2v) is 5.38. The summed E-state index contributed by atoms with van der Waals surface area (Å²) in [5, 5.41) is 2.84. The molecular weight excluding hydrogens is 290 g/mol. The van der Waals surface area contributed by atoms with Crippen molar-refractivity contribution in [1.29, 1.82) is 0 Å². The number of pyridine rings is 1. The maximum atomic E-state index is 12.0. The van der Waals surface area contributed by atoms with Gasteiger partial charge in [0, 0.05) is 31.8 Å². The van der Waals surface area contributed by atoms with Crippen LogP contribution in [0.25, 0.3) is 0 Å². The number of carbonyl (C=O) groups is 2. The molecule has 5 heteroatoms. The first kappa shape index (κ1) is 16.7. The molecule has 1 aromatic carbocycles. The molecule has 0 saturated heterocycles. The molecule has 0 spiro atoms. The number of aromatic nitrogens is 1. The molecule has 0 bridgehead atoms. The van der Waals surface area contributed by atoms with Crippen molar-refractivity contribution in [2.45, 2.75) is 20.4 Å². The van der Waals surface area contributed by atoms with Crippen molar-refractivity contribution in [2.75, 3.05) is 13.1 Å². The highest BCUT2D eigenvalue weighted by molar-refractivity contribution is 5.94. The monoisotopic (exact) mass is 311 g/mol. The lowest BCUT2D eigenvalue weighted by atomic mass is 10.1. The molecular formula is C18H21N3O2. The Kier molecular flexibility index (Phi) is 5.86. The first-order chi connectivity index (χ1) is 11.1. The average molecular weight is 311 g/mol. The molecule has 0 aliphatic heterocycles. The smallest absolute Gasteiger partial charge is 0.251 e. The Morgan fingerprint density at radius 1 is 1.13 bits per heavy atom. The van der Waals surface area contributed by atoms with Crippen molar-refractivity contribution in [3.8, 4) is 0 Å². The summed E-state index contributed by atoms with van der Waals surface area (Å²) in [5.74, 6) is -0.174. The third-order valence-electron chi connectivity index (χ3n) is 3.51. The number of nitrogens with zero attached hydrogens (tertiary/aromatic N) is 2. The summed E-state index contributed by atoms with van der Waals surface area (Å²) in [5.41, 5.74) is 2.56. The van der Waals surface area contributed by atoms with Crippen LogP contribution >= 0.6 is 0 Å². The highest BCUT2D eigenvalue weighted by atomic mass is 16.2. The van der Waals surface area contributed by atoms with Crippen LogP contribution in [0.5, 0.6) is 0 Å².